The van der Waals surface area contributed by atoms with Crippen LogP contribution in [0.2, 0.25) is 0 Å². The van der Waals surface area contributed by atoms with Crippen LogP contribution in [0.4, 0.5) is 0 Å². The van der Waals surface area contributed by atoms with Crippen molar-refractivity contribution in [3.05, 3.63) is 18.0 Å². The highest BCUT2D eigenvalue weighted by atomic mass is 16.5. The highest BCUT2D eigenvalue weighted by Gasteiger charge is 2.00. The fourth-order valence-electron chi connectivity index (χ4n) is 1.18. The summed E-state index contributed by atoms with van der Waals surface area (Å²) >= 11 is 0. The Morgan fingerprint density at radius 1 is 1.69 bits per heavy atom. The van der Waals surface area contributed by atoms with Gasteiger partial charge >= 0.3 is 0 Å². The van der Waals surface area contributed by atoms with E-state index < -0.39 is 0 Å². The minimum atomic E-state index is 0.553. The van der Waals surface area contributed by atoms with Gasteiger partial charge in [-0.3, -0.25) is 5.10 Å². The highest BCUT2D eigenvalue weighted by Crippen LogP contribution is 1.95. The largest absolute Gasteiger partial charge is 0.384 e. The van der Waals surface area contributed by atoms with E-state index in [-0.39, 0.29) is 0 Å². The average molecular weight is 183 g/mol. The summed E-state index contributed by atoms with van der Waals surface area (Å²) in [5, 5.41) is 9.98. The van der Waals surface area contributed by atoms with Gasteiger partial charge in [0.2, 0.25) is 0 Å². The normalized spacial score (nSPS) is 13.1. The fourth-order valence-corrected chi connectivity index (χ4v) is 1.18. The molecule has 74 valence electrons. The minimum absolute atomic E-state index is 0.553. The van der Waals surface area contributed by atoms with Crippen LogP contribution in [0.3, 0.4) is 0 Å². The molecular formula is C9H17N3O. The third kappa shape index (κ3) is 4.05. The molecule has 0 aliphatic rings. The molecule has 1 rings (SSSR count). The third-order valence-electron chi connectivity index (χ3n) is 1.83. The molecule has 0 saturated heterocycles. The van der Waals surface area contributed by atoms with Gasteiger partial charge in [-0.05, 0) is 5.92 Å². The number of aromatic amines is 1. The Labute approximate surface area is 78.7 Å². The first-order chi connectivity index (χ1) is 6.33. The Morgan fingerprint density at radius 2 is 2.54 bits per heavy atom. The summed E-state index contributed by atoms with van der Waals surface area (Å²) in [5.74, 6) is 0.553. The van der Waals surface area contributed by atoms with E-state index in [1.807, 2.05) is 12.4 Å². The van der Waals surface area contributed by atoms with Gasteiger partial charge in [0.05, 0.1) is 6.20 Å². The first-order valence-electron chi connectivity index (χ1n) is 4.50. The molecule has 0 amide bonds. The van der Waals surface area contributed by atoms with Crippen molar-refractivity contribution in [1.82, 2.24) is 15.5 Å². The Hall–Kier alpha value is -0.870. The SMILES string of the molecule is COCC(C)CNCc1cn[nH]c1. The number of rotatable bonds is 6. The van der Waals surface area contributed by atoms with Crippen molar-refractivity contribution in [2.24, 2.45) is 5.92 Å². The summed E-state index contributed by atoms with van der Waals surface area (Å²) in [6.45, 7) is 4.80. The minimum Gasteiger partial charge on any atom is -0.384 e. The van der Waals surface area contributed by atoms with Crippen molar-refractivity contribution in [2.75, 3.05) is 20.3 Å². The van der Waals surface area contributed by atoms with Crippen molar-refractivity contribution in [1.29, 1.82) is 0 Å². The monoisotopic (exact) mass is 183 g/mol. The van der Waals surface area contributed by atoms with Crippen LogP contribution in [0.5, 0.6) is 0 Å². The van der Waals surface area contributed by atoms with Crippen LogP contribution in [-0.2, 0) is 11.3 Å². The standard InChI is InChI=1S/C9H17N3O/c1-8(7-13-2)3-10-4-9-5-11-12-6-9/h5-6,8,10H,3-4,7H2,1-2H3,(H,11,12). The molecule has 1 aromatic rings. The van der Waals surface area contributed by atoms with Crippen molar-refractivity contribution in [3.63, 3.8) is 0 Å². The lowest BCUT2D eigenvalue weighted by Gasteiger charge is -2.10. The van der Waals surface area contributed by atoms with Gasteiger partial charge in [0.15, 0.2) is 0 Å². The predicted octanol–water partition coefficient (Wildman–Crippen LogP) is 0.782. The summed E-state index contributed by atoms with van der Waals surface area (Å²) in [7, 11) is 1.73. The lowest BCUT2D eigenvalue weighted by Crippen LogP contribution is -2.23. The second-order valence-corrected chi connectivity index (χ2v) is 3.30. The van der Waals surface area contributed by atoms with E-state index in [1.165, 1.54) is 5.56 Å². The summed E-state index contributed by atoms with van der Waals surface area (Å²) in [4.78, 5) is 0. The van der Waals surface area contributed by atoms with Crippen molar-refractivity contribution in [2.45, 2.75) is 13.5 Å². The summed E-state index contributed by atoms with van der Waals surface area (Å²) in [6, 6.07) is 0. The molecule has 0 radical (unpaired) electrons. The van der Waals surface area contributed by atoms with Crippen LogP contribution in [0.15, 0.2) is 12.4 Å². The van der Waals surface area contributed by atoms with Crippen molar-refractivity contribution >= 4 is 0 Å². The van der Waals surface area contributed by atoms with E-state index in [4.69, 9.17) is 4.74 Å². The van der Waals surface area contributed by atoms with Crippen LogP contribution in [0.25, 0.3) is 0 Å². The second-order valence-electron chi connectivity index (χ2n) is 3.30. The van der Waals surface area contributed by atoms with E-state index in [1.54, 1.807) is 7.11 Å². The Bertz CT molecular complexity index is 211. The predicted molar refractivity (Wildman–Crippen MR) is 51.3 cm³/mol. The molecule has 1 heterocycles. The van der Waals surface area contributed by atoms with E-state index in [9.17, 15) is 0 Å². The molecule has 0 aromatic carbocycles. The van der Waals surface area contributed by atoms with Gasteiger partial charge in [0, 0.05) is 38.6 Å². The summed E-state index contributed by atoms with van der Waals surface area (Å²) < 4.78 is 5.03. The van der Waals surface area contributed by atoms with Gasteiger partial charge < -0.3 is 10.1 Å². The number of methoxy groups -OCH3 is 1. The molecule has 4 heteroatoms. The lowest BCUT2D eigenvalue weighted by atomic mass is 10.2. The smallest absolute Gasteiger partial charge is 0.0532 e. The first-order valence-corrected chi connectivity index (χ1v) is 4.50. The molecule has 0 aliphatic heterocycles. The number of hydrogen-bond donors (Lipinski definition) is 2. The fraction of sp³-hybridized carbons (Fsp3) is 0.667. The Morgan fingerprint density at radius 3 is 3.15 bits per heavy atom. The molecule has 0 fully saturated rings. The third-order valence-corrected chi connectivity index (χ3v) is 1.83. The molecule has 2 N–H and O–H groups in total. The number of aromatic nitrogens is 2. The van der Waals surface area contributed by atoms with Gasteiger partial charge in [-0.1, -0.05) is 6.92 Å². The molecule has 13 heavy (non-hydrogen) atoms. The van der Waals surface area contributed by atoms with Crippen LogP contribution >= 0.6 is 0 Å². The second kappa shape index (κ2) is 5.72. The van der Waals surface area contributed by atoms with Gasteiger partial charge in [-0.25, -0.2) is 0 Å². The lowest BCUT2D eigenvalue weighted by molar-refractivity contribution is 0.158. The van der Waals surface area contributed by atoms with E-state index in [2.05, 4.69) is 22.4 Å². The van der Waals surface area contributed by atoms with Crippen LogP contribution in [0, 0.1) is 5.92 Å². The number of H-pyrrole nitrogens is 1. The van der Waals surface area contributed by atoms with Crippen LogP contribution in [-0.4, -0.2) is 30.5 Å². The van der Waals surface area contributed by atoms with Crippen LogP contribution < -0.4 is 5.32 Å². The summed E-state index contributed by atoms with van der Waals surface area (Å²) in [6.07, 6.45) is 3.72. The Balaban J connectivity index is 2.07. The maximum atomic E-state index is 5.03. The topological polar surface area (TPSA) is 49.9 Å². The van der Waals surface area contributed by atoms with Gasteiger partial charge in [-0.2, -0.15) is 5.10 Å². The summed E-state index contributed by atoms with van der Waals surface area (Å²) in [5.41, 5.74) is 1.18. The zero-order valence-electron chi connectivity index (χ0n) is 8.21. The molecule has 1 unspecified atom stereocenters. The number of ether oxygens (including phenoxy) is 1. The molecular weight excluding hydrogens is 166 g/mol. The Kier molecular flexibility index (Phi) is 4.49. The zero-order valence-corrected chi connectivity index (χ0v) is 8.21. The molecule has 4 nitrogen and oxygen atoms in total. The highest BCUT2D eigenvalue weighted by molar-refractivity contribution is 5.01. The van der Waals surface area contributed by atoms with E-state index >= 15 is 0 Å². The average Bonchev–Trinajstić information content (AvgIpc) is 2.57. The van der Waals surface area contributed by atoms with Crippen LogP contribution in [0.1, 0.15) is 12.5 Å². The maximum Gasteiger partial charge on any atom is 0.0532 e. The quantitative estimate of drug-likeness (QED) is 0.685. The van der Waals surface area contributed by atoms with Gasteiger partial charge in [0.25, 0.3) is 0 Å². The van der Waals surface area contributed by atoms with Crippen molar-refractivity contribution in [3.8, 4) is 0 Å². The molecule has 1 aromatic heterocycles. The number of hydrogen-bond acceptors (Lipinski definition) is 3. The number of nitrogens with zero attached hydrogens (tertiary/aromatic N) is 1. The van der Waals surface area contributed by atoms with Gasteiger partial charge in [-0.15, -0.1) is 0 Å². The molecule has 0 saturated carbocycles. The van der Waals surface area contributed by atoms with Gasteiger partial charge in [0.1, 0.15) is 0 Å². The maximum absolute atomic E-state index is 5.03. The van der Waals surface area contributed by atoms with E-state index in [0.717, 1.165) is 19.7 Å². The molecule has 0 aliphatic carbocycles. The molecule has 0 spiro atoms. The van der Waals surface area contributed by atoms with E-state index in [0.29, 0.717) is 5.92 Å². The van der Waals surface area contributed by atoms with Crippen molar-refractivity contribution < 1.29 is 4.74 Å². The molecule has 0 bridgehead atoms. The number of nitrogens with one attached hydrogen (secondary N) is 2. The first kappa shape index (κ1) is 10.2. The zero-order chi connectivity index (χ0) is 9.52. The molecule has 1 atom stereocenters.